The number of nitrogens with one attached hydrogen (secondary N) is 1. The summed E-state index contributed by atoms with van der Waals surface area (Å²) in [4.78, 5) is 12.1. The zero-order valence-electron chi connectivity index (χ0n) is 11.7. The SMILES string of the molecule is O=C(NCc1cnn(-c2ccccc2)c1)c1ccccc1Cl. The van der Waals surface area contributed by atoms with E-state index in [1.165, 1.54) is 0 Å². The molecule has 0 aliphatic heterocycles. The molecule has 0 bridgehead atoms. The van der Waals surface area contributed by atoms with Crippen molar-refractivity contribution < 1.29 is 4.79 Å². The van der Waals surface area contributed by atoms with E-state index in [1.54, 1.807) is 35.1 Å². The average molecular weight is 312 g/mol. The minimum atomic E-state index is -0.196. The maximum absolute atomic E-state index is 12.1. The van der Waals surface area contributed by atoms with E-state index in [0.29, 0.717) is 17.1 Å². The fourth-order valence-electron chi connectivity index (χ4n) is 2.10. The van der Waals surface area contributed by atoms with E-state index in [2.05, 4.69) is 10.4 Å². The monoisotopic (exact) mass is 311 g/mol. The van der Waals surface area contributed by atoms with Gasteiger partial charge in [0.2, 0.25) is 0 Å². The number of para-hydroxylation sites is 1. The minimum absolute atomic E-state index is 0.196. The molecule has 4 nitrogen and oxygen atoms in total. The largest absolute Gasteiger partial charge is 0.348 e. The Kier molecular flexibility index (Phi) is 4.21. The van der Waals surface area contributed by atoms with E-state index in [0.717, 1.165) is 11.3 Å². The van der Waals surface area contributed by atoms with Crippen molar-refractivity contribution in [3.63, 3.8) is 0 Å². The zero-order valence-corrected chi connectivity index (χ0v) is 12.5. The van der Waals surface area contributed by atoms with Crippen LogP contribution in [0.1, 0.15) is 15.9 Å². The Balaban J connectivity index is 1.67. The predicted octanol–water partition coefficient (Wildman–Crippen LogP) is 3.46. The van der Waals surface area contributed by atoms with Gasteiger partial charge in [-0.1, -0.05) is 41.9 Å². The number of nitrogens with zero attached hydrogens (tertiary/aromatic N) is 2. The van der Waals surface area contributed by atoms with E-state index < -0.39 is 0 Å². The van der Waals surface area contributed by atoms with Crippen LogP contribution in [-0.4, -0.2) is 15.7 Å². The normalized spacial score (nSPS) is 10.4. The van der Waals surface area contributed by atoms with Gasteiger partial charge in [0, 0.05) is 18.3 Å². The number of carbonyl (C=O) groups excluding carboxylic acids is 1. The Morgan fingerprint density at radius 2 is 1.82 bits per heavy atom. The first-order valence-electron chi connectivity index (χ1n) is 6.86. The van der Waals surface area contributed by atoms with Gasteiger partial charge < -0.3 is 5.32 Å². The van der Waals surface area contributed by atoms with Crippen molar-refractivity contribution >= 4 is 17.5 Å². The number of rotatable bonds is 4. The van der Waals surface area contributed by atoms with Crippen LogP contribution < -0.4 is 5.32 Å². The molecule has 0 saturated carbocycles. The summed E-state index contributed by atoms with van der Waals surface area (Å²) in [5, 5.41) is 7.58. The average Bonchev–Trinajstić information content (AvgIpc) is 3.03. The minimum Gasteiger partial charge on any atom is -0.348 e. The molecule has 0 atom stereocenters. The molecule has 3 aromatic rings. The molecule has 0 aliphatic carbocycles. The molecule has 3 rings (SSSR count). The van der Waals surface area contributed by atoms with Crippen molar-refractivity contribution in [2.45, 2.75) is 6.54 Å². The first kappa shape index (κ1) is 14.4. The third-order valence-electron chi connectivity index (χ3n) is 3.23. The van der Waals surface area contributed by atoms with Gasteiger partial charge >= 0.3 is 0 Å². The first-order chi connectivity index (χ1) is 10.7. The molecular formula is C17H14ClN3O. The zero-order chi connectivity index (χ0) is 15.4. The molecule has 0 saturated heterocycles. The van der Waals surface area contributed by atoms with E-state index in [1.807, 2.05) is 36.5 Å². The Bertz CT molecular complexity index is 783. The molecule has 0 radical (unpaired) electrons. The Labute approximate surface area is 133 Å². The lowest BCUT2D eigenvalue weighted by atomic mass is 10.2. The molecule has 1 heterocycles. The van der Waals surface area contributed by atoms with Gasteiger partial charge in [0.15, 0.2) is 0 Å². The van der Waals surface area contributed by atoms with Crippen LogP contribution in [0.5, 0.6) is 0 Å². The van der Waals surface area contributed by atoms with Gasteiger partial charge in [-0.15, -0.1) is 0 Å². The standard InChI is InChI=1S/C17H14ClN3O/c18-16-9-5-4-8-15(16)17(22)19-10-13-11-20-21(12-13)14-6-2-1-3-7-14/h1-9,11-12H,10H2,(H,19,22). The van der Waals surface area contributed by atoms with Gasteiger partial charge in [-0.25, -0.2) is 4.68 Å². The van der Waals surface area contributed by atoms with Crippen LogP contribution in [0.3, 0.4) is 0 Å². The number of aromatic nitrogens is 2. The van der Waals surface area contributed by atoms with Crippen molar-refractivity contribution in [3.05, 3.63) is 83.1 Å². The molecule has 110 valence electrons. The Morgan fingerprint density at radius 3 is 2.59 bits per heavy atom. The highest BCUT2D eigenvalue weighted by molar-refractivity contribution is 6.33. The van der Waals surface area contributed by atoms with Crippen molar-refractivity contribution in [1.29, 1.82) is 0 Å². The van der Waals surface area contributed by atoms with Gasteiger partial charge in [0.05, 0.1) is 22.5 Å². The molecule has 1 aromatic heterocycles. The summed E-state index contributed by atoms with van der Waals surface area (Å²) in [6.45, 7) is 0.400. The highest BCUT2D eigenvalue weighted by Gasteiger charge is 2.09. The molecule has 0 unspecified atom stereocenters. The Morgan fingerprint density at radius 1 is 1.09 bits per heavy atom. The van der Waals surface area contributed by atoms with Crippen LogP contribution in [-0.2, 0) is 6.54 Å². The lowest BCUT2D eigenvalue weighted by Crippen LogP contribution is -2.22. The molecular weight excluding hydrogens is 298 g/mol. The summed E-state index contributed by atoms with van der Waals surface area (Å²) in [7, 11) is 0. The van der Waals surface area contributed by atoms with Crippen LogP contribution in [0, 0.1) is 0 Å². The second-order valence-electron chi connectivity index (χ2n) is 4.79. The fraction of sp³-hybridized carbons (Fsp3) is 0.0588. The molecule has 22 heavy (non-hydrogen) atoms. The highest BCUT2D eigenvalue weighted by atomic mass is 35.5. The molecule has 1 N–H and O–H groups in total. The fourth-order valence-corrected chi connectivity index (χ4v) is 2.32. The van der Waals surface area contributed by atoms with Crippen LogP contribution >= 0.6 is 11.6 Å². The number of hydrogen-bond donors (Lipinski definition) is 1. The number of halogens is 1. The van der Waals surface area contributed by atoms with E-state index in [-0.39, 0.29) is 5.91 Å². The lowest BCUT2D eigenvalue weighted by Gasteiger charge is -2.05. The second-order valence-corrected chi connectivity index (χ2v) is 5.20. The smallest absolute Gasteiger partial charge is 0.253 e. The maximum atomic E-state index is 12.1. The molecule has 0 spiro atoms. The number of hydrogen-bond acceptors (Lipinski definition) is 2. The lowest BCUT2D eigenvalue weighted by molar-refractivity contribution is 0.0951. The van der Waals surface area contributed by atoms with Gasteiger partial charge in [-0.05, 0) is 24.3 Å². The summed E-state index contributed by atoms with van der Waals surface area (Å²) in [5.74, 6) is -0.196. The van der Waals surface area contributed by atoms with Gasteiger partial charge in [0.25, 0.3) is 5.91 Å². The third kappa shape index (κ3) is 3.18. The van der Waals surface area contributed by atoms with Crippen molar-refractivity contribution in [2.24, 2.45) is 0 Å². The second kappa shape index (κ2) is 6.45. The number of benzene rings is 2. The maximum Gasteiger partial charge on any atom is 0.253 e. The van der Waals surface area contributed by atoms with Crippen molar-refractivity contribution in [1.82, 2.24) is 15.1 Å². The van der Waals surface area contributed by atoms with Crippen LogP contribution in [0.15, 0.2) is 67.0 Å². The van der Waals surface area contributed by atoms with Crippen molar-refractivity contribution in [3.8, 4) is 5.69 Å². The molecule has 2 aromatic carbocycles. The summed E-state index contributed by atoms with van der Waals surface area (Å²) in [5.41, 5.74) is 2.37. The van der Waals surface area contributed by atoms with Crippen LogP contribution in [0.2, 0.25) is 5.02 Å². The molecule has 5 heteroatoms. The van der Waals surface area contributed by atoms with E-state index >= 15 is 0 Å². The quantitative estimate of drug-likeness (QED) is 0.802. The van der Waals surface area contributed by atoms with Crippen LogP contribution in [0.25, 0.3) is 5.69 Å². The molecule has 0 fully saturated rings. The van der Waals surface area contributed by atoms with Gasteiger partial charge in [-0.2, -0.15) is 5.10 Å². The van der Waals surface area contributed by atoms with Gasteiger partial charge in [-0.3, -0.25) is 4.79 Å². The first-order valence-corrected chi connectivity index (χ1v) is 7.23. The number of amides is 1. The van der Waals surface area contributed by atoms with E-state index in [4.69, 9.17) is 11.6 Å². The summed E-state index contributed by atoms with van der Waals surface area (Å²) >= 11 is 6.01. The topological polar surface area (TPSA) is 46.9 Å². The summed E-state index contributed by atoms with van der Waals surface area (Å²) in [6, 6.07) is 16.8. The van der Waals surface area contributed by atoms with Crippen molar-refractivity contribution in [2.75, 3.05) is 0 Å². The third-order valence-corrected chi connectivity index (χ3v) is 3.56. The van der Waals surface area contributed by atoms with Crippen LogP contribution in [0.4, 0.5) is 0 Å². The predicted molar refractivity (Wildman–Crippen MR) is 86.2 cm³/mol. The molecule has 1 amide bonds. The summed E-state index contributed by atoms with van der Waals surface area (Å²) < 4.78 is 1.77. The van der Waals surface area contributed by atoms with E-state index in [9.17, 15) is 4.79 Å². The Hall–Kier alpha value is -2.59. The number of carbonyl (C=O) groups is 1. The van der Waals surface area contributed by atoms with Gasteiger partial charge in [0.1, 0.15) is 0 Å². The summed E-state index contributed by atoms with van der Waals surface area (Å²) in [6.07, 6.45) is 3.63. The highest BCUT2D eigenvalue weighted by Crippen LogP contribution is 2.15. The molecule has 0 aliphatic rings.